The summed E-state index contributed by atoms with van der Waals surface area (Å²) in [4.78, 5) is 10.7. The molecule has 35 heavy (non-hydrogen) atoms. The molecule has 0 aromatic heterocycles. The zero-order valence-corrected chi connectivity index (χ0v) is 26.2. The molecule has 0 saturated carbocycles. The third-order valence-electron chi connectivity index (χ3n) is 4.29. The van der Waals surface area contributed by atoms with Gasteiger partial charge in [0, 0.05) is 24.3 Å². The summed E-state index contributed by atoms with van der Waals surface area (Å²) in [5.74, 6) is -0.742. The molecule has 178 valence electrons. The van der Waals surface area contributed by atoms with E-state index >= 15 is 0 Å². The number of anilines is 2. The zero-order chi connectivity index (χ0) is 25.0. The molecule has 0 radical (unpaired) electrons. The molecule has 0 saturated heterocycles. The minimum Gasteiger partial charge on any atom is -0.744 e. The van der Waals surface area contributed by atoms with Crippen LogP contribution in [0.4, 0.5) is 11.4 Å². The first kappa shape index (κ1) is 34.2. The molecule has 0 aliphatic rings. The van der Waals surface area contributed by atoms with E-state index in [1.165, 1.54) is 36.4 Å². The van der Waals surface area contributed by atoms with E-state index in [2.05, 4.69) is 16.0 Å². The number of amides is 1. The number of thiocarbonyl (C=S) groups is 1. The van der Waals surface area contributed by atoms with Gasteiger partial charge in [0.1, 0.15) is 20.2 Å². The van der Waals surface area contributed by atoms with Gasteiger partial charge < -0.3 is 25.1 Å². The molecule has 0 bridgehead atoms. The summed E-state index contributed by atoms with van der Waals surface area (Å²) < 4.78 is 70.5. The minimum absolute atomic E-state index is 0. The van der Waals surface area contributed by atoms with Crippen molar-refractivity contribution in [2.24, 2.45) is 5.92 Å². The molecule has 0 fully saturated rings. The van der Waals surface area contributed by atoms with Crippen LogP contribution in [0.3, 0.4) is 0 Å². The van der Waals surface area contributed by atoms with Crippen LogP contribution in [-0.4, -0.2) is 44.0 Å². The Morgan fingerprint density at radius 1 is 0.857 bits per heavy atom. The number of hydrogen-bond donors (Lipinski definition) is 3. The first-order valence-corrected chi connectivity index (χ1v) is 12.6. The Morgan fingerprint density at radius 3 is 1.60 bits per heavy atom. The van der Waals surface area contributed by atoms with Crippen molar-refractivity contribution in [2.75, 3.05) is 17.7 Å². The molecule has 0 atom stereocenters. The topological polar surface area (TPSA) is 168 Å². The van der Waals surface area contributed by atoms with Crippen molar-refractivity contribution in [3.05, 3.63) is 47.5 Å². The number of nitrogens with one attached hydrogen (secondary N) is 3. The van der Waals surface area contributed by atoms with Gasteiger partial charge in [0.05, 0.1) is 9.79 Å². The molecule has 0 aliphatic heterocycles. The Morgan fingerprint density at radius 2 is 1.26 bits per heavy atom. The van der Waals surface area contributed by atoms with Crippen LogP contribution in [-0.2, 0) is 25.0 Å². The third-order valence-corrected chi connectivity index (χ3v) is 6.38. The summed E-state index contributed by atoms with van der Waals surface area (Å²) in [5.41, 5.74) is 0.269. The van der Waals surface area contributed by atoms with Gasteiger partial charge in [0.2, 0.25) is 5.91 Å². The van der Waals surface area contributed by atoms with E-state index in [1.54, 1.807) is 20.9 Å². The van der Waals surface area contributed by atoms with Crippen molar-refractivity contribution in [1.29, 1.82) is 0 Å². The van der Waals surface area contributed by atoms with Gasteiger partial charge in [-0.3, -0.25) is 4.79 Å². The second kappa shape index (κ2) is 14.2. The molecule has 0 aliphatic carbocycles. The molecular weight excluding hydrogens is 536 g/mol. The van der Waals surface area contributed by atoms with Gasteiger partial charge in [-0.15, -0.1) is 0 Å². The fourth-order valence-corrected chi connectivity index (χ4v) is 4.10. The molecular formula is C20H21N3Na2O7S3. The van der Waals surface area contributed by atoms with E-state index in [9.17, 15) is 30.7 Å². The summed E-state index contributed by atoms with van der Waals surface area (Å²) in [5, 5.41) is 8.04. The fraction of sp³-hybridized carbons (Fsp3) is 0.200. The summed E-state index contributed by atoms with van der Waals surface area (Å²) in [6, 6.07) is 7.56. The maximum Gasteiger partial charge on any atom is 1.00 e. The van der Waals surface area contributed by atoms with Crippen LogP contribution < -0.4 is 75.1 Å². The van der Waals surface area contributed by atoms with E-state index in [4.69, 9.17) is 12.2 Å². The number of carbonyl (C=O) groups excluding carboxylic acids is 1. The first-order chi connectivity index (χ1) is 15.2. The molecule has 2 aromatic carbocycles. The molecule has 15 heteroatoms. The molecule has 2 rings (SSSR count). The van der Waals surface area contributed by atoms with Gasteiger partial charge in [-0.25, -0.2) is 16.8 Å². The second-order valence-electron chi connectivity index (χ2n) is 7.09. The summed E-state index contributed by atoms with van der Waals surface area (Å²) in [6.07, 6.45) is 2.38. The Bertz CT molecular complexity index is 1330. The largest absolute Gasteiger partial charge is 1.00 e. The zero-order valence-electron chi connectivity index (χ0n) is 19.8. The molecule has 0 spiro atoms. The number of hydrogen-bond acceptors (Lipinski definition) is 8. The van der Waals surface area contributed by atoms with Gasteiger partial charge in [-0.05, 0) is 47.6 Å². The van der Waals surface area contributed by atoms with Gasteiger partial charge in [-0.1, -0.05) is 38.1 Å². The van der Waals surface area contributed by atoms with Crippen molar-refractivity contribution < 1.29 is 89.9 Å². The maximum atomic E-state index is 11.9. The van der Waals surface area contributed by atoms with Gasteiger partial charge in [0.25, 0.3) is 0 Å². The van der Waals surface area contributed by atoms with Crippen LogP contribution >= 0.6 is 12.2 Å². The van der Waals surface area contributed by atoms with E-state index in [0.717, 1.165) is 12.1 Å². The molecule has 10 nitrogen and oxygen atoms in total. The van der Waals surface area contributed by atoms with Crippen LogP contribution in [0.25, 0.3) is 12.2 Å². The van der Waals surface area contributed by atoms with E-state index in [-0.39, 0.29) is 98.6 Å². The maximum absolute atomic E-state index is 11.9. The summed E-state index contributed by atoms with van der Waals surface area (Å²) in [7, 11) is -8.29. The summed E-state index contributed by atoms with van der Waals surface area (Å²) >= 11 is 4.95. The number of carbonyl (C=O) groups is 1. The molecule has 0 heterocycles. The normalized spacial score (nSPS) is 11.4. The molecule has 3 N–H and O–H groups in total. The Labute approximate surface area is 254 Å². The third kappa shape index (κ3) is 10.2. The van der Waals surface area contributed by atoms with Crippen LogP contribution in [0.15, 0.2) is 46.2 Å². The van der Waals surface area contributed by atoms with E-state index in [1.807, 2.05) is 0 Å². The SMILES string of the molecule is CNC(=S)Nc1ccc(/C=C/c2ccc(NC(=O)C(C)C)cc2S(=O)(=O)[O-])c(S(=O)(=O)[O-])c1.[Na+].[Na+]. The first-order valence-electron chi connectivity index (χ1n) is 9.40. The van der Waals surface area contributed by atoms with E-state index < -0.39 is 30.0 Å². The van der Waals surface area contributed by atoms with Gasteiger partial charge in [0.15, 0.2) is 5.11 Å². The standard InChI is InChI=1S/C20H23N3O7S3.2Na/c1-12(2)19(24)22-15-8-6-13(17(10-15)32(25,26)27)4-5-14-7-9-16(23-20(31)21-3)11-18(14)33(28,29)30;;/h4-12H,1-3H3,(H,22,24)(H2,21,23,31)(H,25,26,27)(H,28,29,30);;/q;2*+1/p-2/b5-4+;;. The van der Waals surface area contributed by atoms with Crippen LogP contribution in [0, 0.1) is 5.92 Å². The average Bonchev–Trinajstić information content (AvgIpc) is 2.71. The van der Waals surface area contributed by atoms with Crippen LogP contribution in [0.2, 0.25) is 0 Å². The fourth-order valence-electron chi connectivity index (χ4n) is 2.59. The monoisotopic (exact) mass is 557 g/mol. The van der Waals surface area contributed by atoms with Crippen molar-refractivity contribution in [3.63, 3.8) is 0 Å². The molecule has 2 aromatic rings. The molecule has 1 amide bonds. The Balaban J connectivity index is 0.00000578. The predicted molar refractivity (Wildman–Crippen MR) is 126 cm³/mol. The minimum atomic E-state index is -4.94. The smallest absolute Gasteiger partial charge is 0.744 e. The number of rotatable bonds is 7. The van der Waals surface area contributed by atoms with Crippen molar-refractivity contribution in [2.45, 2.75) is 23.6 Å². The Hall–Kier alpha value is -0.840. The van der Waals surface area contributed by atoms with Crippen molar-refractivity contribution in [3.8, 4) is 0 Å². The predicted octanol–water partition coefficient (Wildman–Crippen LogP) is -3.82. The van der Waals surface area contributed by atoms with E-state index in [0.29, 0.717) is 0 Å². The van der Waals surface area contributed by atoms with Crippen LogP contribution in [0.1, 0.15) is 25.0 Å². The average molecular weight is 558 g/mol. The van der Waals surface area contributed by atoms with Crippen molar-refractivity contribution in [1.82, 2.24) is 5.32 Å². The summed E-state index contributed by atoms with van der Waals surface area (Å²) in [6.45, 7) is 3.29. The van der Waals surface area contributed by atoms with Gasteiger partial charge in [-0.2, -0.15) is 0 Å². The molecule has 0 unspecified atom stereocenters. The van der Waals surface area contributed by atoms with Crippen molar-refractivity contribution >= 4 is 67.0 Å². The number of benzene rings is 2. The second-order valence-corrected chi connectivity index (χ2v) is 10.2. The van der Waals surface area contributed by atoms with Gasteiger partial charge >= 0.3 is 59.1 Å². The Kier molecular flexibility index (Phi) is 13.9. The van der Waals surface area contributed by atoms with Crippen LogP contribution in [0.5, 0.6) is 0 Å². The quantitative estimate of drug-likeness (QED) is 0.133.